The minimum absolute atomic E-state index is 0.0969. The Kier molecular flexibility index (Phi) is 3.32. The van der Waals surface area contributed by atoms with E-state index in [0.29, 0.717) is 0 Å². The molecule has 10 heavy (non-hydrogen) atoms. The molecule has 0 radical (unpaired) electrons. The van der Waals surface area contributed by atoms with Gasteiger partial charge in [0.1, 0.15) is 12.1 Å². The van der Waals surface area contributed by atoms with E-state index in [1.807, 2.05) is 0 Å². The van der Waals surface area contributed by atoms with E-state index in [1.165, 1.54) is 0 Å². The lowest BCUT2D eigenvalue weighted by Gasteiger charge is -2.19. The number of rotatable bonds is 3. The van der Waals surface area contributed by atoms with Gasteiger partial charge >= 0.3 is 0 Å². The first-order valence-corrected chi connectivity index (χ1v) is 3.18. The van der Waals surface area contributed by atoms with Crippen molar-refractivity contribution in [2.45, 2.75) is 26.0 Å². The summed E-state index contributed by atoms with van der Waals surface area (Å²) >= 11 is 0. The SMILES string of the molecule is CC(C)[C@H](O)[C@@H]([NH3+])C(=O)[O-]. The van der Waals surface area contributed by atoms with Crippen LogP contribution in [0.1, 0.15) is 13.8 Å². The van der Waals surface area contributed by atoms with Gasteiger partial charge in [0.2, 0.25) is 0 Å². The van der Waals surface area contributed by atoms with Gasteiger partial charge in [0.15, 0.2) is 6.04 Å². The monoisotopic (exact) mass is 147 g/mol. The lowest BCUT2D eigenvalue weighted by molar-refractivity contribution is -0.453. The number of hydrogen-bond acceptors (Lipinski definition) is 3. The maximum absolute atomic E-state index is 10.1. The van der Waals surface area contributed by atoms with E-state index in [0.717, 1.165) is 0 Å². The highest BCUT2D eigenvalue weighted by molar-refractivity contribution is 5.69. The number of aliphatic hydroxyl groups excluding tert-OH is 1. The van der Waals surface area contributed by atoms with E-state index in [-0.39, 0.29) is 5.92 Å². The molecule has 0 saturated carbocycles. The third kappa shape index (κ3) is 2.33. The summed E-state index contributed by atoms with van der Waals surface area (Å²) in [7, 11) is 0. The molecule has 0 unspecified atom stereocenters. The molecule has 2 atom stereocenters. The molecule has 60 valence electrons. The molecule has 0 bridgehead atoms. The predicted octanol–water partition coefficient (Wildman–Crippen LogP) is -2.64. The van der Waals surface area contributed by atoms with Gasteiger partial charge < -0.3 is 20.7 Å². The Morgan fingerprint density at radius 1 is 1.60 bits per heavy atom. The Bertz CT molecular complexity index is 124. The highest BCUT2D eigenvalue weighted by Gasteiger charge is 2.22. The van der Waals surface area contributed by atoms with Crippen LogP contribution in [-0.4, -0.2) is 23.2 Å². The number of aliphatic carboxylic acids is 1. The van der Waals surface area contributed by atoms with Crippen molar-refractivity contribution in [3.8, 4) is 0 Å². The summed E-state index contributed by atoms with van der Waals surface area (Å²) in [5.74, 6) is -1.40. The molecular formula is C6H13NO3. The summed E-state index contributed by atoms with van der Waals surface area (Å²) in [5, 5.41) is 19.2. The van der Waals surface area contributed by atoms with Gasteiger partial charge in [-0.05, 0) is 5.92 Å². The second kappa shape index (κ2) is 3.53. The Balaban J connectivity index is 3.94. The number of carboxylic acid groups (broad SMARTS) is 1. The predicted molar refractivity (Wildman–Crippen MR) is 32.5 cm³/mol. The van der Waals surface area contributed by atoms with Crippen LogP contribution < -0.4 is 10.8 Å². The van der Waals surface area contributed by atoms with Crippen LogP contribution in [0.25, 0.3) is 0 Å². The lowest BCUT2D eigenvalue weighted by atomic mass is 10.0. The minimum Gasteiger partial charge on any atom is -0.544 e. The van der Waals surface area contributed by atoms with Gasteiger partial charge in [-0.3, -0.25) is 0 Å². The van der Waals surface area contributed by atoms with Crippen molar-refractivity contribution < 1.29 is 20.7 Å². The maximum Gasteiger partial charge on any atom is 0.151 e. The summed E-state index contributed by atoms with van der Waals surface area (Å²) in [4.78, 5) is 10.1. The second-order valence-corrected chi connectivity index (χ2v) is 2.66. The third-order valence-electron chi connectivity index (χ3n) is 1.40. The van der Waals surface area contributed by atoms with Crippen LogP contribution in [0, 0.1) is 5.92 Å². The number of aliphatic hydroxyl groups is 1. The highest BCUT2D eigenvalue weighted by atomic mass is 16.4. The second-order valence-electron chi connectivity index (χ2n) is 2.66. The highest BCUT2D eigenvalue weighted by Crippen LogP contribution is 2.02. The number of carbonyl (C=O) groups excluding carboxylic acids is 1. The van der Waals surface area contributed by atoms with E-state index >= 15 is 0 Å². The van der Waals surface area contributed by atoms with E-state index < -0.39 is 18.1 Å². The maximum atomic E-state index is 10.1. The van der Waals surface area contributed by atoms with Crippen molar-refractivity contribution in [3.63, 3.8) is 0 Å². The van der Waals surface area contributed by atoms with Gasteiger partial charge in [0.05, 0.1) is 0 Å². The summed E-state index contributed by atoms with van der Waals surface area (Å²) in [6.07, 6.45) is -0.912. The number of carboxylic acids is 1. The van der Waals surface area contributed by atoms with Gasteiger partial charge in [0, 0.05) is 0 Å². The first kappa shape index (κ1) is 9.39. The number of carbonyl (C=O) groups is 1. The fourth-order valence-corrected chi connectivity index (χ4v) is 0.604. The average molecular weight is 147 g/mol. The topological polar surface area (TPSA) is 88.0 Å². The van der Waals surface area contributed by atoms with Crippen LogP contribution in [0.2, 0.25) is 0 Å². The normalized spacial score (nSPS) is 16.9. The average Bonchev–Trinajstić information content (AvgIpc) is 1.84. The molecule has 4 N–H and O–H groups in total. The standard InChI is InChI=1S/C6H13NO3/c1-3(2)5(8)4(7)6(9)10/h3-5,8H,7H2,1-2H3,(H,9,10)/t4-,5+/m1/s1. The molecule has 0 aliphatic rings. The fraction of sp³-hybridized carbons (Fsp3) is 0.833. The molecule has 0 amide bonds. The largest absolute Gasteiger partial charge is 0.544 e. The first-order chi connectivity index (χ1) is 4.46. The molecule has 4 heteroatoms. The third-order valence-corrected chi connectivity index (χ3v) is 1.40. The molecule has 0 aromatic rings. The molecule has 0 rings (SSSR count). The number of quaternary nitrogens is 1. The van der Waals surface area contributed by atoms with Crippen LogP contribution in [-0.2, 0) is 4.79 Å². The van der Waals surface area contributed by atoms with E-state index in [9.17, 15) is 9.90 Å². The van der Waals surface area contributed by atoms with Gasteiger partial charge in [-0.25, -0.2) is 0 Å². The molecule has 0 aromatic carbocycles. The molecule has 0 saturated heterocycles. The Morgan fingerprint density at radius 3 is 2.10 bits per heavy atom. The van der Waals surface area contributed by atoms with E-state index in [2.05, 4.69) is 5.73 Å². The quantitative estimate of drug-likeness (QED) is 0.457. The molecular weight excluding hydrogens is 134 g/mol. The van der Waals surface area contributed by atoms with Crippen LogP contribution in [0.5, 0.6) is 0 Å². The van der Waals surface area contributed by atoms with Crippen molar-refractivity contribution >= 4 is 5.97 Å². The lowest BCUT2D eigenvalue weighted by Crippen LogP contribution is -2.73. The molecule has 0 aromatic heterocycles. The fourth-order valence-electron chi connectivity index (χ4n) is 0.604. The smallest absolute Gasteiger partial charge is 0.151 e. The molecule has 0 aliphatic heterocycles. The van der Waals surface area contributed by atoms with E-state index in [4.69, 9.17) is 5.11 Å². The molecule has 0 heterocycles. The molecule has 0 spiro atoms. The zero-order chi connectivity index (χ0) is 8.31. The van der Waals surface area contributed by atoms with Crippen LogP contribution >= 0.6 is 0 Å². The van der Waals surface area contributed by atoms with Crippen LogP contribution in [0.15, 0.2) is 0 Å². The van der Waals surface area contributed by atoms with Crippen molar-refractivity contribution in [3.05, 3.63) is 0 Å². The van der Waals surface area contributed by atoms with E-state index in [1.54, 1.807) is 13.8 Å². The summed E-state index contributed by atoms with van der Waals surface area (Å²) < 4.78 is 0. The zero-order valence-electron chi connectivity index (χ0n) is 6.20. The van der Waals surface area contributed by atoms with Gasteiger partial charge in [-0.1, -0.05) is 13.8 Å². The van der Waals surface area contributed by atoms with Crippen LogP contribution in [0.3, 0.4) is 0 Å². The van der Waals surface area contributed by atoms with Gasteiger partial charge in [-0.15, -0.1) is 0 Å². The Hall–Kier alpha value is -0.610. The zero-order valence-corrected chi connectivity index (χ0v) is 6.20. The molecule has 4 nitrogen and oxygen atoms in total. The van der Waals surface area contributed by atoms with Crippen molar-refractivity contribution in [2.24, 2.45) is 5.92 Å². The van der Waals surface area contributed by atoms with Crippen molar-refractivity contribution in [1.82, 2.24) is 0 Å². The van der Waals surface area contributed by atoms with Crippen LogP contribution in [0.4, 0.5) is 0 Å². The Labute approximate surface area is 59.7 Å². The first-order valence-electron chi connectivity index (χ1n) is 3.18. The Morgan fingerprint density at radius 2 is 2.00 bits per heavy atom. The molecule has 0 fully saturated rings. The summed E-state index contributed by atoms with van der Waals surface area (Å²) in [6.45, 7) is 3.46. The summed E-state index contributed by atoms with van der Waals surface area (Å²) in [5.41, 5.74) is 3.25. The number of hydrogen-bond donors (Lipinski definition) is 2. The van der Waals surface area contributed by atoms with Crippen molar-refractivity contribution in [1.29, 1.82) is 0 Å². The van der Waals surface area contributed by atoms with Crippen molar-refractivity contribution in [2.75, 3.05) is 0 Å². The van der Waals surface area contributed by atoms with Gasteiger partial charge in [-0.2, -0.15) is 0 Å². The minimum atomic E-state index is -1.30. The van der Waals surface area contributed by atoms with Gasteiger partial charge in [0.25, 0.3) is 0 Å². The summed E-state index contributed by atoms with van der Waals surface area (Å²) in [6, 6.07) is -1.03. The molecule has 0 aliphatic carbocycles.